The second kappa shape index (κ2) is 6.11. The highest BCUT2D eigenvalue weighted by Crippen LogP contribution is 2.26. The number of aryl methyl sites for hydroxylation is 3. The van der Waals surface area contributed by atoms with Crippen molar-refractivity contribution in [3.05, 3.63) is 69.2 Å². The van der Waals surface area contributed by atoms with Gasteiger partial charge in [0.25, 0.3) is 0 Å². The third-order valence-corrected chi connectivity index (χ3v) is 3.77. The lowest BCUT2D eigenvalue weighted by atomic mass is 9.87. The maximum absolute atomic E-state index is 12.8. The maximum atomic E-state index is 12.8. The molecule has 0 N–H and O–H groups in total. The highest BCUT2D eigenvalue weighted by Gasteiger charge is 2.24. The first kappa shape index (κ1) is 15.3. The van der Waals surface area contributed by atoms with E-state index in [1.807, 2.05) is 32.9 Å². The zero-order valence-corrected chi connectivity index (χ0v) is 13.0. The Morgan fingerprint density at radius 3 is 2.10 bits per heavy atom. The zero-order valence-electron chi connectivity index (χ0n) is 12.3. The van der Waals surface area contributed by atoms with Gasteiger partial charge in [-0.2, -0.15) is 5.26 Å². The number of carbonyl (C=O) groups excluding carboxylic acids is 1. The predicted molar refractivity (Wildman–Crippen MR) is 84.8 cm³/mol. The number of Topliss-reactive ketones (excluding diaryl/α,β-unsaturated/α-hetero) is 1. The summed E-state index contributed by atoms with van der Waals surface area (Å²) in [5.74, 6) is -0.961. The molecule has 0 amide bonds. The minimum absolute atomic E-state index is 0.158. The van der Waals surface area contributed by atoms with Gasteiger partial charge in [0.1, 0.15) is 5.92 Å². The van der Waals surface area contributed by atoms with Crippen molar-refractivity contribution in [2.45, 2.75) is 26.7 Å². The van der Waals surface area contributed by atoms with Crippen molar-refractivity contribution in [3.63, 3.8) is 0 Å². The van der Waals surface area contributed by atoms with Crippen LogP contribution in [0.25, 0.3) is 0 Å². The average Bonchev–Trinajstić information content (AvgIpc) is 2.40. The first-order chi connectivity index (χ1) is 9.93. The van der Waals surface area contributed by atoms with E-state index < -0.39 is 5.92 Å². The summed E-state index contributed by atoms with van der Waals surface area (Å²) in [6.07, 6.45) is 0. The molecule has 0 aliphatic heterocycles. The van der Waals surface area contributed by atoms with Crippen LogP contribution in [0.5, 0.6) is 0 Å². The number of benzene rings is 2. The van der Waals surface area contributed by atoms with Gasteiger partial charge in [0.2, 0.25) is 0 Å². The van der Waals surface area contributed by atoms with E-state index in [1.165, 1.54) is 0 Å². The molecule has 0 aliphatic carbocycles. The van der Waals surface area contributed by atoms with Crippen LogP contribution < -0.4 is 0 Å². The number of hydrogen-bond donors (Lipinski definition) is 0. The van der Waals surface area contributed by atoms with Crippen molar-refractivity contribution < 1.29 is 4.79 Å². The number of nitriles is 1. The molecule has 2 rings (SSSR count). The van der Waals surface area contributed by atoms with E-state index in [2.05, 4.69) is 6.07 Å². The molecule has 0 radical (unpaired) electrons. The van der Waals surface area contributed by atoms with Gasteiger partial charge in [-0.25, -0.2) is 0 Å². The van der Waals surface area contributed by atoms with Crippen molar-refractivity contribution in [1.82, 2.24) is 0 Å². The predicted octanol–water partition coefficient (Wildman–Crippen LogP) is 4.76. The van der Waals surface area contributed by atoms with E-state index in [4.69, 9.17) is 11.6 Å². The summed E-state index contributed by atoms with van der Waals surface area (Å²) in [7, 11) is 0. The summed E-state index contributed by atoms with van der Waals surface area (Å²) in [4.78, 5) is 12.8. The van der Waals surface area contributed by atoms with Crippen LogP contribution in [0.4, 0.5) is 0 Å². The van der Waals surface area contributed by atoms with Crippen LogP contribution in [-0.4, -0.2) is 5.78 Å². The van der Waals surface area contributed by atoms with Gasteiger partial charge in [-0.1, -0.05) is 41.4 Å². The highest BCUT2D eigenvalue weighted by molar-refractivity contribution is 6.30. The average molecular weight is 298 g/mol. The number of ketones is 1. The van der Waals surface area contributed by atoms with Gasteiger partial charge in [0.05, 0.1) is 6.07 Å². The fraction of sp³-hybridized carbons (Fsp3) is 0.222. The van der Waals surface area contributed by atoms with Gasteiger partial charge in [-0.3, -0.25) is 4.79 Å². The Bertz CT molecular complexity index is 703. The first-order valence-electron chi connectivity index (χ1n) is 6.71. The van der Waals surface area contributed by atoms with Gasteiger partial charge in [0, 0.05) is 10.6 Å². The van der Waals surface area contributed by atoms with Crippen molar-refractivity contribution >= 4 is 17.4 Å². The van der Waals surface area contributed by atoms with Gasteiger partial charge < -0.3 is 0 Å². The van der Waals surface area contributed by atoms with E-state index >= 15 is 0 Å². The number of carbonyl (C=O) groups is 1. The van der Waals surface area contributed by atoms with Crippen molar-refractivity contribution in [1.29, 1.82) is 5.26 Å². The Morgan fingerprint density at radius 1 is 1.10 bits per heavy atom. The fourth-order valence-electron chi connectivity index (χ4n) is 2.65. The molecule has 0 aromatic heterocycles. The summed E-state index contributed by atoms with van der Waals surface area (Å²) in [5, 5.41) is 10.0. The highest BCUT2D eigenvalue weighted by atomic mass is 35.5. The van der Waals surface area contributed by atoms with Crippen molar-refractivity contribution in [2.75, 3.05) is 0 Å². The molecular formula is C18H16ClNO. The van der Waals surface area contributed by atoms with Crippen molar-refractivity contribution in [3.8, 4) is 6.07 Å². The molecule has 2 aromatic rings. The lowest BCUT2D eigenvalue weighted by molar-refractivity contribution is 0.0977. The van der Waals surface area contributed by atoms with Gasteiger partial charge in [0.15, 0.2) is 5.78 Å². The minimum atomic E-state index is -0.803. The fourth-order valence-corrected chi connectivity index (χ4v) is 2.78. The SMILES string of the molecule is Cc1cc(C)c(C(=O)C(C#N)c2ccc(Cl)cc2)c(C)c1. The largest absolute Gasteiger partial charge is 0.292 e. The summed E-state index contributed by atoms with van der Waals surface area (Å²) < 4.78 is 0. The Balaban J connectivity index is 2.47. The van der Waals surface area contributed by atoms with Gasteiger partial charge >= 0.3 is 0 Å². The molecule has 0 fully saturated rings. The molecule has 1 unspecified atom stereocenters. The van der Waals surface area contributed by atoms with Gasteiger partial charge in [-0.15, -0.1) is 0 Å². The van der Waals surface area contributed by atoms with Crippen LogP contribution in [0, 0.1) is 32.1 Å². The molecule has 0 saturated carbocycles. The van der Waals surface area contributed by atoms with Crippen LogP contribution in [0.15, 0.2) is 36.4 Å². The molecule has 0 saturated heterocycles. The summed E-state index contributed by atoms with van der Waals surface area (Å²) >= 11 is 5.86. The summed E-state index contributed by atoms with van der Waals surface area (Å²) in [5.41, 5.74) is 4.24. The van der Waals surface area contributed by atoms with Crippen LogP contribution in [0.2, 0.25) is 5.02 Å². The normalized spacial score (nSPS) is 11.8. The Labute approximate surface area is 130 Å². The molecule has 3 heteroatoms. The van der Waals surface area contributed by atoms with Gasteiger partial charge in [-0.05, 0) is 49.6 Å². The summed E-state index contributed by atoms with van der Waals surface area (Å²) in [6, 6.07) is 12.9. The van der Waals surface area contributed by atoms with E-state index in [-0.39, 0.29) is 5.78 Å². The van der Waals surface area contributed by atoms with Crippen LogP contribution >= 0.6 is 11.6 Å². The number of halogens is 1. The second-order valence-electron chi connectivity index (χ2n) is 5.25. The molecule has 0 heterocycles. The smallest absolute Gasteiger partial charge is 0.184 e. The maximum Gasteiger partial charge on any atom is 0.184 e. The zero-order chi connectivity index (χ0) is 15.6. The minimum Gasteiger partial charge on any atom is -0.292 e. The molecular weight excluding hydrogens is 282 g/mol. The Kier molecular flexibility index (Phi) is 4.45. The quantitative estimate of drug-likeness (QED) is 0.767. The Morgan fingerprint density at radius 2 is 1.62 bits per heavy atom. The third kappa shape index (κ3) is 3.15. The van der Waals surface area contributed by atoms with Crippen molar-refractivity contribution in [2.24, 2.45) is 0 Å². The van der Waals surface area contributed by atoms with Crippen LogP contribution in [0.1, 0.15) is 38.5 Å². The molecule has 106 valence electrons. The molecule has 0 spiro atoms. The number of nitrogens with zero attached hydrogens (tertiary/aromatic N) is 1. The molecule has 0 bridgehead atoms. The Hall–Kier alpha value is -2.11. The monoisotopic (exact) mass is 297 g/mol. The molecule has 2 nitrogen and oxygen atoms in total. The van der Waals surface area contributed by atoms with E-state index in [1.54, 1.807) is 24.3 Å². The van der Waals surface area contributed by atoms with E-state index in [9.17, 15) is 10.1 Å². The first-order valence-corrected chi connectivity index (χ1v) is 7.09. The molecule has 21 heavy (non-hydrogen) atoms. The topological polar surface area (TPSA) is 40.9 Å². The summed E-state index contributed by atoms with van der Waals surface area (Å²) in [6.45, 7) is 5.81. The van der Waals surface area contributed by atoms with E-state index in [0.29, 0.717) is 16.1 Å². The molecule has 1 atom stereocenters. The third-order valence-electron chi connectivity index (χ3n) is 3.52. The lowest BCUT2D eigenvalue weighted by Gasteiger charge is -2.14. The van der Waals surface area contributed by atoms with Crippen LogP contribution in [-0.2, 0) is 0 Å². The molecule has 0 aliphatic rings. The lowest BCUT2D eigenvalue weighted by Crippen LogP contribution is -2.14. The number of hydrogen-bond acceptors (Lipinski definition) is 2. The molecule has 2 aromatic carbocycles. The number of rotatable bonds is 3. The second-order valence-corrected chi connectivity index (χ2v) is 5.69. The van der Waals surface area contributed by atoms with Crippen LogP contribution in [0.3, 0.4) is 0 Å². The standard InChI is InChI=1S/C18H16ClNO/c1-11-8-12(2)17(13(3)9-11)18(21)16(10-20)14-4-6-15(19)7-5-14/h4-9,16H,1-3H3. The van der Waals surface area contributed by atoms with E-state index in [0.717, 1.165) is 16.7 Å².